The van der Waals surface area contributed by atoms with Crippen LogP contribution in [0, 0.1) is 0 Å². The summed E-state index contributed by atoms with van der Waals surface area (Å²) >= 11 is 0. The molecule has 0 saturated heterocycles. The molecule has 2 N–H and O–H groups in total. The molecule has 1 heterocycles. The number of methoxy groups -OCH3 is 1. The van der Waals surface area contributed by atoms with E-state index in [4.69, 9.17) is 9.15 Å². The summed E-state index contributed by atoms with van der Waals surface area (Å²) in [6.45, 7) is -0.0892. The molecule has 160 valence electrons. The molecule has 30 heavy (non-hydrogen) atoms. The Labute approximate surface area is 175 Å². The highest BCUT2D eigenvalue weighted by atomic mass is 16.5. The van der Waals surface area contributed by atoms with E-state index < -0.39 is 5.91 Å². The van der Waals surface area contributed by atoms with Crippen molar-refractivity contribution in [3.8, 4) is 5.75 Å². The van der Waals surface area contributed by atoms with Crippen LogP contribution in [-0.4, -0.2) is 48.9 Å². The Hall–Kier alpha value is -3.29. The Bertz CT molecular complexity index is 859. The smallest absolute Gasteiger partial charge is 0.287 e. The van der Waals surface area contributed by atoms with E-state index in [2.05, 4.69) is 10.6 Å². The lowest BCUT2D eigenvalue weighted by Crippen LogP contribution is -2.46. The molecule has 2 aromatic rings. The van der Waals surface area contributed by atoms with Crippen LogP contribution in [0.25, 0.3) is 0 Å². The highest BCUT2D eigenvalue weighted by molar-refractivity contribution is 5.94. The first kappa shape index (κ1) is 21.4. The number of rotatable bonds is 9. The minimum absolute atomic E-state index is 0.0802. The zero-order valence-corrected chi connectivity index (χ0v) is 17.1. The molecular formula is C22H27N3O5. The van der Waals surface area contributed by atoms with Gasteiger partial charge in [0, 0.05) is 12.6 Å². The molecular weight excluding hydrogens is 386 g/mol. The lowest BCUT2D eigenvalue weighted by molar-refractivity contribution is -0.136. The third-order valence-electron chi connectivity index (χ3n) is 5.06. The monoisotopic (exact) mass is 413 g/mol. The Morgan fingerprint density at radius 1 is 1.17 bits per heavy atom. The lowest BCUT2D eigenvalue weighted by atomic mass is 10.2. The van der Waals surface area contributed by atoms with Crippen molar-refractivity contribution in [1.82, 2.24) is 15.5 Å². The molecule has 1 saturated carbocycles. The van der Waals surface area contributed by atoms with Crippen molar-refractivity contribution in [1.29, 1.82) is 0 Å². The summed E-state index contributed by atoms with van der Waals surface area (Å²) in [4.78, 5) is 38.8. The molecule has 0 bridgehead atoms. The molecule has 0 atom stereocenters. The lowest BCUT2D eigenvalue weighted by Gasteiger charge is -2.24. The summed E-state index contributed by atoms with van der Waals surface area (Å²) in [6.07, 6.45) is 5.54. The van der Waals surface area contributed by atoms with Gasteiger partial charge < -0.3 is 24.7 Å². The number of hydrogen-bond acceptors (Lipinski definition) is 5. The van der Waals surface area contributed by atoms with Gasteiger partial charge in [0.1, 0.15) is 5.75 Å². The number of ether oxygens (including phenoxy) is 1. The third-order valence-corrected chi connectivity index (χ3v) is 5.06. The van der Waals surface area contributed by atoms with Crippen LogP contribution in [0.1, 0.15) is 41.8 Å². The predicted octanol–water partition coefficient (Wildman–Crippen LogP) is 2.11. The topological polar surface area (TPSA) is 101 Å². The van der Waals surface area contributed by atoms with Crippen molar-refractivity contribution in [3.63, 3.8) is 0 Å². The van der Waals surface area contributed by atoms with Gasteiger partial charge in [0.25, 0.3) is 5.91 Å². The molecule has 0 aliphatic heterocycles. The maximum absolute atomic E-state index is 12.8. The molecule has 0 radical (unpaired) electrons. The molecule has 0 spiro atoms. The molecule has 1 aromatic carbocycles. The normalized spacial score (nSPS) is 13.6. The van der Waals surface area contributed by atoms with Crippen LogP contribution < -0.4 is 15.4 Å². The Morgan fingerprint density at radius 2 is 1.97 bits per heavy atom. The number of carbonyl (C=O) groups is 3. The number of hydrogen-bond donors (Lipinski definition) is 2. The number of nitrogens with zero attached hydrogens (tertiary/aromatic N) is 1. The molecule has 1 aliphatic carbocycles. The van der Waals surface area contributed by atoms with Crippen molar-refractivity contribution in [3.05, 3.63) is 54.0 Å². The Balaban J connectivity index is 1.64. The van der Waals surface area contributed by atoms with Gasteiger partial charge in [0.05, 0.1) is 26.5 Å². The Kier molecular flexibility index (Phi) is 7.48. The largest absolute Gasteiger partial charge is 0.497 e. The van der Waals surface area contributed by atoms with Gasteiger partial charge in [-0.15, -0.1) is 0 Å². The molecule has 8 nitrogen and oxygen atoms in total. The molecule has 1 aromatic heterocycles. The van der Waals surface area contributed by atoms with Crippen LogP contribution in [0.5, 0.6) is 5.75 Å². The molecule has 3 amide bonds. The fourth-order valence-corrected chi connectivity index (χ4v) is 3.50. The molecule has 8 heteroatoms. The third kappa shape index (κ3) is 6.10. The fourth-order valence-electron chi connectivity index (χ4n) is 3.50. The quantitative estimate of drug-likeness (QED) is 0.656. The van der Waals surface area contributed by atoms with Crippen LogP contribution in [0.3, 0.4) is 0 Å². The zero-order valence-electron chi connectivity index (χ0n) is 17.1. The summed E-state index contributed by atoms with van der Waals surface area (Å²) in [5.74, 6) is -0.248. The second kappa shape index (κ2) is 10.5. The maximum Gasteiger partial charge on any atom is 0.287 e. The highest BCUT2D eigenvalue weighted by Crippen LogP contribution is 2.18. The summed E-state index contributed by atoms with van der Waals surface area (Å²) in [7, 11) is 1.57. The van der Waals surface area contributed by atoms with Gasteiger partial charge in [0.15, 0.2) is 5.76 Å². The van der Waals surface area contributed by atoms with E-state index in [1.165, 1.54) is 17.2 Å². The van der Waals surface area contributed by atoms with E-state index in [1.807, 2.05) is 24.3 Å². The van der Waals surface area contributed by atoms with E-state index in [0.29, 0.717) is 5.75 Å². The fraction of sp³-hybridized carbons (Fsp3) is 0.409. The van der Waals surface area contributed by atoms with E-state index in [0.717, 1.165) is 31.2 Å². The summed E-state index contributed by atoms with van der Waals surface area (Å²) in [5, 5.41) is 5.54. The molecule has 1 aliphatic rings. The van der Waals surface area contributed by atoms with Gasteiger partial charge in [0.2, 0.25) is 11.8 Å². The Morgan fingerprint density at radius 3 is 2.67 bits per heavy atom. The van der Waals surface area contributed by atoms with Gasteiger partial charge >= 0.3 is 0 Å². The number of amides is 3. The first-order valence-electron chi connectivity index (χ1n) is 10.1. The molecule has 3 rings (SSSR count). The average molecular weight is 413 g/mol. The zero-order chi connectivity index (χ0) is 21.3. The number of benzene rings is 1. The summed E-state index contributed by atoms with van der Waals surface area (Å²) in [6, 6.07) is 10.6. The number of nitrogens with one attached hydrogen (secondary N) is 2. The van der Waals surface area contributed by atoms with Crippen molar-refractivity contribution in [2.45, 2.75) is 38.3 Å². The van der Waals surface area contributed by atoms with Gasteiger partial charge in [-0.25, -0.2) is 0 Å². The van der Waals surface area contributed by atoms with Gasteiger partial charge in [-0.2, -0.15) is 0 Å². The van der Waals surface area contributed by atoms with E-state index in [9.17, 15) is 14.4 Å². The first-order chi connectivity index (χ1) is 14.5. The van der Waals surface area contributed by atoms with Crippen LogP contribution in [0.4, 0.5) is 0 Å². The molecule has 0 unspecified atom stereocenters. The van der Waals surface area contributed by atoms with Crippen LogP contribution >= 0.6 is 0 Å². The first-order valence-corrected chi connectivity index (χ1v) is 10.1. The average Bonchev–Trinajstić information content (AvgIpc) is 3.45. The van der Waals surface area contributed by atoms with Crippen molar-refractivity contribution < 1.29 is 23.5 Å². The van der Waals surface area contributed by atoms with Crippen molar-refractivity contribution in [2.24, 2.45) is 0 Å². The molecule has 1 fully saturated rings. The second-order valence-corrected chi connectivity index (χ2v) is 7.31. The standard InChI is InChI=1S/C22H27N3O5/c1-29-18-9-4-6-16(12-18)14-25(15-20(26)24-17-7-2-3-8-17)21(27)13-23-22(28)19-10-5-11-30-19/h4-6,9-12,17H,2-3,7-8,13-15H2,1H3,(H,23,28)(H,24,26). The SMILES string of the molecule is COc1cccc(CN(CC(=O)NC2CCCC2)C(=O)CNC(=O)c2ccco2)c1. The number of carbonyl (C=O) groups excluding carboxylic acids is 3. The summed E-state index contributed by atoms with van der Waals surface area (Å²) in [5.41, 5.74) is 0.828. The predicted molar refractivity (Wildman–Crippen MR) is 110 cm³/mol. The van der Waals surface area contributed by atoms with Crippen LogP contribution in [-0.2, 0) is 16.1 Å². The van der Waals surface area contributed by atoms with Crippen molar-refractivity contribution >= 4 is 17.7 Å². The van der Waals surface area contributed by atoms with Gasteiger partial charge in [-0.05, 0) is 42.7 Å². The minimum Gasteiger partial charge on any atom is -0.497 e. The minimum atomic E-state index is -0.481. The van der Waals surface area contributed by atoms with E-state index in [1.54, 1.807) is 13.2 Å². The van der Waals surface area contributed by atoms with Crippen LogP contribution in [0.2, 0.25) is 0 Å². The van der Waals surface area contributed by atoms with Crippen molar-refractivity contribution in [2.75, 3.05) is 20.2 Å². The number of furan rings is 1. The van der Waals surface area contributed by atoms with E-state index in [-0.39, 0.29) is 43.3 Å². The van der Waals surface area contributed by atoms with Gasteiger partial charge in [-0.1, -0.05) is 25.0 Å². The second-order valence-electron chi connectivity index (χ2n) is 7.31. The maximum atomic E-state index is 12.8. The summed E-state index contributed by atoms with van der Waals surface area (Å²) < 4.78 is 10.3. The highest BCUT2D eigenvalue weighted by Gasteiger charge is 2.22. The van der Waals surface area contributed by atoms with E-state index >= 15 is 0 Å². The van der Waals surface area contributed by atoms with Gasteiger partial charge in [-0.3, -0.25) is 14.4 Å². The van der Waals surface area contributed by atoms with Crippen LogP contribution in [0.15, 0.2) is 47.1 Å².